The van der Waals surface area contributed by atoms with Crippen molar-refractivity contribution in [2.24, 2.45) is 17.8 Å². The molecule has 0 radical (unpaired) electrons. The summed E-state index contributed by atoms with van der Waals surface area (Å²) in [4.78, 5) is 2.26. The summed E-state index contributed by atoms with van der Waals surface area (Å²) in [6.45, 7) is 5.00. The Labute approximate surface area is 107 Å². The molecule has 2 aliphatic rings. The van der Waals surface area contributed by atoms with Crippen LogP contribution >= 0.6 is 11.6 Å². The smallest absolute Gasteiger partial charge is 0.138 e. The summed E-state index contributed by atoms with van der Waals surface area (Å²) in [5.74, 6) is 2.56. The number of rotatable bonds is 3. The highest BCUT2D eigenvalue weighted by molar-refractivity contribution is 6.30. The van der Waals surface area contributed by atoms with E-state index in [1.54, 1.807) is 24.3 Å². The molecule has 0 bridgehead atoms. The van der Waals surface area contributed by atoms with Crippen molar-refractivity contribution in [3.63, 3.8) is 0 Å². The van der Waals surface area contributed by atoms with Crippen LogP contribution in [-0.4, -0.2) is 24.5 Å². The molecule has 1 aliphatic heterocycles. The molecule has 4 atom stereocenters. The van der Waals surface area contributed by atoms with E-state index in [1.165, 1.54) is 0 Å². The monoisotopic (exact) mass is 253 g/mol. The minimum atomic E-state index is -0.889. The van der Waals surface area contributed by atoms with Gasteiger partial charge in [-0.25, -0.2) is 4.39 Å². The van der Waals surface area contributed by atoms with Gasteiger partial charge in [-0.1, -0.05) is 30.7 Å². The molecule has 1 nitrogen and oxygen atoms in total. The van der Waals surface area contributed by atoms with Crippen molar-refractivity contribution in [1.82, 2.24) is 4.90 Å². The summed E-state index contributed by atoms with van der Waals surface area (Å²) >= 11 is 5.79. The van der Waals surface area contributed by atoms with Crippen LogP contribution in [0.3, 0.4) is 0 Å². The third kappa shape index (κ3) is 2.21. The van der Waals surface area contributed by atoms with Crippen LogP contribution in [0.25, 0.3) is 0 Å². The Morgan fingerprint density at radius 1 is 1.29 bits per heavy atom. The number of halogens is 2. The number of fused-ring (bicyclic) bond motifs is 1. The third-order valence-electron chi connectivity index (χ3n) is 4.35. The van der Waals surface area contributed by atoms with Crippen molar-refractivity contribution in [1.29, 1.82) is 0 Å². The van der Waals surface area contributed by atoms with E-state index >= 15 is 0 Å². The maximum Gasteiger partial charge on any atom is 0.138 e. The first-order valence-corrected chi connectivity index (χ1v) is 6.65. The van der Waals surface area contributed by atoms with Gasteiger partial charge in [0.15, 0.2) is 0 Å². The number of benzene rings is 1. The quantitative estimate of drug-likeness (QED) is 0.796. The number of hydrogen-bond acceptors (Lipinski definition) is 1. The van der Waals surface area contributed by atoms with Crippen molar-refractivity contribution in [3.05, 3.63) is 34.9 Å². The van der Waals surface area contributed by atoms with Crippen LogP contribution < -0.4 is 0 Å². The van der Waals surface area contributed by atoms with Crippen molar-refractivity contribution in [3.8, 4) is 0 Å². The molecule has 3 heteroatoms. The van der Waals surface area contributed by atoms with Crippen LogP contribution in [0.15, 0.2) is 24.3 Å². The first-order chi connectivity index (χ1) is 8.15. The average molecular weight is 254 g/mol. The van der Waals surface area contributed by atoms with E-state index in [1.807, 2.05) is 0 Å². The lowest BCUT2D eigenvalue weighted by Crippen LogP contribution is -2.27. The molecule has 92 valence electrons. The maximum atomic E-state index is 14.1. The van der Waals surface area contributed by atoms with Crippen LogP contribution in [0.5, 0.6) is 0 Å². The average Bonchev–Trinajstić information content (AvgIpc) is 2.76. The van der Waals surface area contributed by atoms with E-state index < -0.39 is 6.17 Å². The molecule has 0 amide bonds. The lowest BCUT2D eigenvalue weighted by atomic mass is 10.1. The lowest BCUT2D eigenvalue weighted by molar-refractivity contribution is 0.201. The first kappa shape index (κ1) is 11.5. The molecule has 17 heavy (non-hydrogen) atoms. The topological polar surface area (TPSA) is 3.24 Å². The predicted molar refractivity (Wildman–Crippen MR) is 67.9 cm³/mol. The minimum absolute atomic E-state index is 0.529. The molecule has 3 rings (SSSR count). The maximum absolute atomic E-state index is 14.1. The van der Waals surface area contributed by atoms with Crippen LogP contribution in [-0.2, 0) is 0 Å². The van der Waals surface area contributed by atoms with E-state index in [0.717, 1.165) is 36.4 Å². The largest absolute Gasteiger partial charge is 0.300 e. The Balaban J connectivity index is 1.57. The molecule has 0 unspecified atom stereocenters. The fourth-order valence-electron chi connectivity index (χ4n) is 3.06. The molecule has 1 heterocycles. The Bertz CT molecular complexity index is 393. The third-order valence-corrected chi connectivity index (χ3v) is 4.60. The van der Waals surface area contributed by atoms with E-state index in [0.29, 0.717) is 11.6 Å². The number of hydrogen-bond donors (Lipinski definition) is 0. The molecular weight excluding hydrogens is 237 g/mol. The van der Waals surface area contributed by atoms with Gasteiger partial charge in [0.1, 0.15) is 6.17 Å². The second-order valence-electron chi connectivity index (χ2n) is 5.42. The summed E-state index contributed by atoms with van der Waals surface area (Å²) in [6.07, 6.45) is -0.889. The first-order valence-electron chi connectivity index (χ1n) is 6.27. The molecule has 0 N–H and O–H groups in total. The number of nitrogens with zero attached hydrogens (tertiary/aromatic N) is 1. The van der Waals surface area contributed by atoms with Crippen molar-refractivity contribution < 1.29 is 4.39 Å². The van der Waals surface area contributed by atoms with Gasteiger partial charge in [-0.2, -0.15) is 0 Å². The Hall–Kier alpha value is -0.600. The second kappa shape index (κ2) is 4.25. The SMILES string of the molecule is C[C@@H]1[C@H]2CN(C[C@@H](F)c3ccc(Cl)cc3)C[C@@H]12. The summed E-state index contributed by atoms with van der Waals surface area (Å²) < 4.78 is 14.1. The van der Waals surface area contributed by atoms with Gasteiger partial charge in [-0.05, 0) is 35.4 Å². The van der Waals surface area contributed by atoms with Gasteiger partial charge in [0, 0.05) is 24.7 Å². The Kier molecular flexibility index (Phi) is 2.87. The molecule has 1 aliphatic carbocycles. The minimum Gasteiger partial charge on any atom is -0.300 e. The standard InChI is InChI=1S/C14H17ClFN/c1-9-12-6-17(7-13(9)12)8-14(16)10-2-4-11(15)5-3-10/h2-5,9,12-14H,6-8H2,1H3/t9-,12-,13+,14-/m1/s1. The van der Waals surface area contributed by atoms with Gasteiger partial charge >= 0.3 is 0 Å². The van der Waals surface area contributed by atoms with E-state index in [2.05, 4.69) is 11.8 Å². The van der Waals surface area contributed by atoms with Crippen LogP contribution in [0.2, 0.25) is 5.02 Å². The highest BCUT2D eigenvalue weighted by Crippen LogP contribution is 2.51. The highest BCUT2D eigenvalue weighted by atomic mass is 35.5. The molecule has 0 aromatic heterocycles. The fraction of sp³-hybridized carbons (Fsp3) is 0.571. The van der Waals surface area contributed by atoms with Gasteiger partial charge in [-0.3, -0.25) is 4.90 Å². The van der Waals surface area contributed by atoms with Gasteiger partial charge in [0.2, 0.25) is 0 Å². The second-order valence-corrected chi connectivity index (χ2v) is 5.86. The molecule has 2 fully saturated rings. The predicted octanol–water partition coefficient (Wildman–Crippen LogP) is 3.55. The van der Waals surface area contributed by atoms with Gasteiger partial charge < -0.3 is 0 Å². The summed E-state index contributed by atoms with van der Waals surface area (Å²) in [6, 6.07) is 7.08. The molecule has 1 saturated heterocycles. The van der Waals surface area contributed by atoms with Crippen molar-refractivity contribution in [2.75, 3.05) is 19.6 Å². The molecule has 1 saturated carbocycles. The van der Waals surface area contributed by atoms with E-state index in [-0.39, 0.29) is 0 Å². The zero-order chi connectivity index (χ0) is 12.0. The molecular formula is C14H17ClFN. The van der Waals surface area contributed by atoms with Gasteiger partial charge in [-0.15, -0.1) is 0 Å². The highest BCUT2D eigenvalue weighted by Gasteiger charge is 2.52. The summed E-state index contributed by atoms with van der Waals surface area (Å²) in [5, 5.41) is 0.664. The van der Waals surface area contributed by atoms with Gasteiger partial charge in [0.25, 0.3) is 0 Å². The fourth-order valence-corrected chi connectivity index (χ4v) is 3.19. The van der Waals surface area contributed by atoms with Crippen LogP contribution in [0.1, 0.15) is 18.7 Å². The van der Waals surface area contributed by atoms with Gasteiger partial charge in [0.05, 0.1) is 0 Å². The summed E-state index contributed by atoms with van der Waals surface area (Å²) in [7, 11) is 0. The van der Waals surface area contributed by atoms with Crippen molar-refractivity contribution in [2.45, 2.75) is 13.1 Å². The zero-order valence-electron chi connectivity index (χ0n) is 9.94. The van der Waals surface area contributed by atoms with Crippen molar-refractivity contribution >= 4 is 11.6 Å². The Morgan fingerprint density at radius 3 is 2.47 bits per heavy atom. The van der Waals surface area contributed by atoms with E-state index in [9.17, 15) is 4.39 Å². The number of likely N-dealkylation sites (tertiary alicyclic amines) is 1. The number of alkyl halides is 1. The van der Waals surface area contributed by atoms with Crippen LogP contribution in [0, 0.1) is 17.8 Å². The normalized spacial score (nSPS) is 33.5. The Morgan fingerprint density at radius 2 is 1.88 bits per heavy atom. The van der Waals surface area contributed by atoms with Crippen LogP contribution in [0.4, 0.5) is 4.39 Å². The number of piperidine rings is 1. The summed E-state index contributed by atoms with van der Waals surface area (Å²) in [5.41, 5.74) is 0.739. The molecule has 0 spiro atoms. The lowest BCUT2D eigenvalue weighted by Gasteiger charge is -2.21. The molecule has 1 aromatic rings. The zero-order valence-corrected chi connectivity index (χ0v) is 10.7. The van der Waals surface area contributed by atoms with E-state index in [4.69, 9.17) is 11.6 Å². The molecule has 1 aromatic carbocycles.